The van der Waals surface area contributed by atoms with Crippen molar-refractivity contribution in [3.63, 3.8) is 0 Å². The molecule has 3 rings (SSSR count). The SMILES string of the molecule is C\C=C(C)/C(=C\C=C(/C)n1ccc(OCc2ccc(-c3ccccc3)cc2)cc1=O)NCCN(CC)CCC. The lowest BCUT2D eigenvalue weighted by Crippen LogP contribution is -2.32. The number of hydrogen-bond donors (Lipinski definition) is 1. The van der Waals surface area contributed by atoms with Crippen molar-refractivity contribution in [2.24, 2.45) is 0 Å². The number of nitrogens with zero attached hydrogens (tertiary/aromatic N) is 2. The molecular formula is C34H43N3O2. The summed E-state index contributed by atoms with van der Waals surface area (Å²) in [5.41, 5.74) is 6.36. The van der Waals surface area contributed by atoms with Gasteiger partial charge in [0.2, 0.25) is 0 Å². The van der Waals surface area contributed by atoms with E-state index in [1.54, 1.807) is 16.8 Å². The molecule has 1 aromatic heterocycles. The molecule has 1 heterocycles. The lowest BCUT2D eigenvalue weighted by atomic mass is 10.0. The average Bonchev–Trinajstić information content (AvgIpc) is 2.97. The van der Waals surface area contributed by atoms with E-state index in [2.05, 4.69) is 79.5 Å². The average molecular weight is 526 g/mol. The smallest absolute Gasteiger partial charge is 0.258 e. The van der Waals surface area contributed by atoms with Crippen molar-refractivity contribution in [1.29, 1.82) is 0 Å². The number of benzene rings is 2. The maximum Gasteiger partial charge on any atom is 0.258 e. The van der Waals surface area contributed by atoms with Crippen molar-refractivity contribution < 1.29 is 4.74 Å². The number of pyridine rings is 1. The Morgan fingerprint density at radius 3 is 2.31 bits per heavy atom. The number of likely N-dealkylation sites (N-methyl/N-ethyl adjacent to an activating group) is 1. The molecule has 39 heavy (non-hydrogen) atoms. The fraction of sp³-hybridized carbons (Fsp3) is 0.324. The lowest BCUT2D eigenvalue weighted by molar-refractivity contribution is 0.291. The van der Waals surface area contributed by atoms with Crippen LogP contribution in [0.15, 0.2) is 107 Å². The Labute approximate surface area is 234 Å². The number of hydrogen-bond acceptors (Lipinski definition) is 4. The van der Waals surface area contributed by atoms with Gasteiger partial charge in [0.1, 0.15) is 12.4 Å². The van der Waals surface area contributed by atoms with E-state index in [0.29, 0.717) is 12.4 Å². The summed E-state index contributed by atoms with van der Waals surface area (Å²) >= 11 is 0. The highest BCUT2D eigenvalue weighted by Gasteiger charge is 2.05. The van der Waals surface area contributed by atoms with Gasteiger partial charge in [-0.25, -0.2) is 0 Å². The molecule has 5 nitrogen and oxygen atoms in total. The van der Waals surface area contributed by atoms with Crippen molar-refractivity contribution in [3.05, 3.63) is 118 Å². The predicted octanol–water partition coefficient (Wildman–Crippen LogP) is 7.13. The molecule has 206 valence electrons. The molecule has 1 N–H and O–H groups in total. The van der Waals surface area contributed by atoms with Gasteiger partial charge < -0.3 is 15.0 Å². The summed E-state index contributed by atoms with van der Waals surface area (Å²) in [6, 6.07) is 22.0. The highest BCUT2D eigenvalue weighted by molar-refractivity contribution is 5.63. The van der Waals surface area contributed by atoms with Gasteiger partial charge in [-0.2, -0.15) is 0 Å². The van der Waals surface area contributed by atoms with Crippen LogP contribution >= 0.6 is 0 Å². The standard InChI is InChI=1S/C34H43N3O2/c1-6-22-36(8-3)24-21-35-33(27(4)7-2)19-14-28(5)37-23-20-32(25-34(37)38)39-26-29-15-17-31(18-16-29)30-12-10-9-11-13-30/h7,9-20,23,25,35H,6,8,21-22,24,26H2,1-5H3/b27-7-,28-14+,33-19+. The monoisotopic (exact) mass is 525 g/mol. The van der Waals surface area contributed by atoms with Crippen LogP contribution in [0.1, 0.15) is 46.6 Å². The quantitative estimate of drug-likeness (QED) is 0.228. The van der Waals surface area contributed by atoms with Crippen LogP contribution in [0.3, 0.4) is 0 Å². The van der Waals surface area contributed by atoms with Gasteiger partial charge in [-0.15, -0.1) is 0 Å². The highest BCUT2D eigenvalue weighted by atomic mass is 16.5. The van der Waals surface area contributed by atoms with Gasteiger partial charge in [0, 0.05) is 36.7 Å². The Hall–Kier alpha value is -3.83. The summed E-state index contributed by atoms with van der Waals surface area (Å²) < 4.78 is 7.56. The molecule has 0 saturated heterocycles. The molecule has 0 aliphatic rings. The van der Waals surface area contributed by atoms with Gasteiger partial charge in [-0.05, 0) is 80.8 Å². The first-order valence-corrected chi connectivity index (χ1v) is 13.9. The maximum atomic E-state index is 12.9. The fourth-order valence-electron chi connectivity index (χ4n) is 4.30. The van der Waals surface area contributed by atoms with Gasteiger partial charge in [0.25, 0.3) is 5.56 Å². The van der Waals surface area contributed by atoms with Crippen molar-refractivity contribution in [3.8, 4) is 16.9 Å². The van der Waals surface area contributed by atoms with E-state index in [4.69, 9.17) is 4.74 Å². The molecule has 0 aliphatic heterocycles. The Morgan fingerprint density at radius 1 is 0.949 bits per heavy atom. The number of ether oxygens (including phenoxy) is 1. The minimum absolute atomic E-state index is 0.121. The second kappa shape index (κ2) is 15.6. The van der Waals surface area contributed by atoms with Crippen molar-refractivity contribution >= 4 is 5.70 Å². The van der Waals surface area contributed by atoms with Crippen LogP contribution in [0, 0.1) is 0 Å². The first-order chi connectivity index (χ1) is 18.9. The third kappa shape index (κ3) is 9.15. The number of allylic oxidation sites excluding steroid dienone is 5. The third-order valence-electron chi connectivity index (χ3n) is 6.82. The second-order valence-corrected chi connectivity index (χ2v) is 9.64. The van der Waals surface area contributed by atoms with Gasteiger partial charge >= 0.3 is 0 Å². The normalized spacial score (nSPS) is 12.6. The third-order valence-corrected chi connectivity index (χ3v) is 6.82. The van der Waals surface area contributed by atoms with Crippen molar-refractivity contribution in [1.82, 2.24) is 14.8 Å². The first kappa shape index (κ1) is 29.7. The van der Waals surface area contributed by atoms with Crippen LogP contribution in [-0.4, -0.2) is 35.6 Å². The van der Waals surface area contributed by atoms with Gasteiger partial charge in [0.05, 0.1) is 0 Å². The van der Waals surface area contributed by atoms with E-state index in [9.17, 15) is 4.79 Å². The van der Waals surface area contributed by atoms with Crippen LogP contribution in [0.5, 0.6) is 5.75 Å². The topological polar surface area (TPSA) is 46.5 Å². The van der Waals surface area contributed by atoms with Gasteiger partial charge in [-0.1, -0.05) is 74.5 Å². The predicted molar refractivity (Wildman–Crippen MR) is 165 cm³/mol. The van der Waals surface area contributed by atoms with Crippen LogP contribution < -0.4 is 15.6 Å². The molecule has 0 radical (unpaired) electrons. The summed E-state index contributed by atoms with van der Waals surface area (Å²) in [5, 5.41) is 3.57. The van der Waals surface area contributed by atoms with E-state index in [1.807, 2.05) is 44.2 Å². The summed E-state index contributed by atoms with van der Waals surface area (Å²) in [7, 11) is 0. The zero-order valence-corrected chi connectivity index (χ0v) is 24.1. The Balaban J connectivity index is 1.63. The molecule has 2 aromatic carbocycles. The van der Waals surface area contributed by atoms with E-state index in [0.717, 1.165) is 49.6 Å². The fourth-order valence-corrected chi connectivity index (χ4v) is 4.30. The lowest BCUT2D eigenvalue weighted by Gasteiger charge is -2.21. The Bertz CT molecular complexity index is 1320. The molecule has 0 aliphatic carbocycles. The van der Waals surface area contributed by atoms with Gasteiger partial charge in [-0.3, -0.25) is 9.36 Å². The minimum atomic E-state index is -0.121. The molecule has 0 atom stereocenters. The number of aromatic nitrogens is 1. The Morgan fingerprint density at radius 2 is 1.67 bits per heavy atom. The molecule has 5 heteroatoms. The van der Waals surface area contributed by atoms with Crippen LogP contribution in [0.2, 0.25) is 0 Å². The highest BCUT2D eigenvalue weighted by Crippen LogP contribution is 2.20. The molecule has 0 saturated carbocycles. The number of nitrogens with one attached hydrogen (secondary N) is 1. The van der Waals surface area contributed by atoms with Crippen molar-refractivity contribution in [2.45, 2.75) is 47.6 Å². The van der Waals surface area contributed by atoms with Gasteiger partial charge in [0.15, 0.2) is 0 Å². The largest absolute Gasteiger partial charge is 0.489 e. The molecule has 0 fully saturated rings. The van der Waals surface area contributed by atoms with Crippen LogP contribution in [-0.2, 0) is 6.61 Å². The summed E-state index contributed by atoms with van der Waals surface area (Å²) in [6.07, 6.45) is 9.06. The molecule has 0 spiro atoms. The maximum absolute atomic E-state index is 12.9. The summed E-state index contributed by atoms with van der Waals surface area (Å²) in [6.45, 7) is 14.9. The second-order valence-electron chi connectivity index (χ2n) is 9.64. The molecule has 0 amide bonds. The Kier molecular flexibility index (Phi) is 11.9. The van der Waals surface area contributed by atoms with Crippen molar-refractivity contribution in [2.75, 3.05) is 26.2 Å². The molecule has 0 unspecified atom stereocenters. The summed E-state index contributed by atoms with van der Waals surface area (Å²) in [4.78, 5) is 15.3. The van der Waals surface area contributed by atoms with E-state index < -0.39 is 0 Å². The molecular weight excluding hydrogens is 482 g/mol. The van der Waals surface area contributed by atoms with E-state index >= 15 is 0 Å². The first-order valence-electron chi connectivity index (χ1n) is 13.9. The van der Waals surface area contributed by atoms with Crippen LogP contribution in [0.4, 0.5) is 0 Å². The summed E-state index contributed by atoms with van der Waals surface area (Å²) in [5.74, 6) is 0.561. The van der Waals surface area contributed by atoms with E-state index in [-0.39, 0.29) is 5.56 Å². The van der Waals surface area contributed by atoms with Crippen LogP contribution in [0.25, 0.3) is 16.8 Å². The zero-order chi connectivity index (χ0) is 28.0. The molecule has 0 bridgehead atoms. The number of rotatable bonds is 14. The molecule has 3 aromatic rings. The minimum Gasteiger partial charge on any atom is -0.489 e. The van der Waals surface area contributed by atoms with E-state index in [1.165, 1.54) is 16.7 Å². The zero-order valence-electron chi connectivity index (χ0n) is 24.1.